The Balaban J connectivity index is 2.69. The topological polar surface area (TPSA) is 78.6 Å². The minimum absolute atomic E-state index is 0.137. The van der Waals surface area contributed by atoms with Crippen molar-refractivity contribution in [1.29, 1.82) is 0 Å². The molecular formula is C11H15NO4S. The third-order valence-electron chi connectivity index (χ3n) is 2.84. The molecule has 0 heterocycles. The van der Waals surface area contributed by atoms with Crippen molar-refractivity contribution in [3.63, 3.8) is 0 Å². The molecule has 6 heteroatoms. The van der Waals surface area contributed by atoms with Gasteiger partial charge >= 0.3 is 0 Å². The van der Waals surface area contributed by atoms with Crippen molar-refractivity contribution in [1.82, 2.24) is 0 Å². The van der Waals surface area contributed by atoms with Crippen molar-refractivity contribution in [2.24, 2.45) is 5.14 Å². The van der Waals surface area contributed by atoms with E-state index in [0.717, 1.165) is 12.8 Å². The summed E-state index contributed by atoms with van der Waals surface area (Å²) in [5.41, 5.74) is 0.648. The summed E-state index contributed by atoms with van der Waals surface area (Å²) in [5, 5.41) is 5.21. The van der Waals surface area contributed by atoms with E-state index in [1.54, 1.807) is 6.07 Å². The molecule has 1 fully saturated rings. The summed E-state index contributed by atoms with van der Waals surface area (Å²) in [5.74, 6) is 1.21. The number of rotatable bonds is 4. The second-order valence-electron chi connectivity index (χ2n) is 4.03. The predicted molar refractivity (Wildman–Crippen MR) is 62.9 cm³/mol. The molecule has 0 radical (unpaired) electrons. The number of ether oxygens (including phenoxy) is 2. The van der Waals surface area contributed by atoms with Gasteiger partial charge in [0, 0.05) is 5.56 Å². The fourth-order valence-electron chi connectivity index (χ4n) is 1.94. The number of nitrogens with two attached hydrogens (primary N) is 1. The number of hydrogen-bond donors (Lipinski definition) is 1. The lowest BCUT2D eigenvalue weighted by Gasteiger charge is -2.15. The lowest BCUT2D eigenvalue weighted by molar-refractivity contribution is 0.350. The maximum absolute atomic E-state index is 11.5. The van der Waals surface area contributed by atoms with Crippen LogP contribution in [0.2, 0.25) is 0 Å². The first-order valence-electron chi connectivity index (χ1n) is 5.26. The molecule has 5 nitrogen and oxygen atoms in total. The van der Waals surface area contributed by atoms with E-state index < -0.39 is 10.0 Å². The monoisotopic (exact) mass is 257 g/mol. The fourth-order valence-corrected chi connectivity index (χ4v) is 2.76. The zero-order chi connectivity index (χ0) is 12.6. The highest BCUT2D eigenvalue weighted by Gasteiger charge is 2.34. The van der Waals surface area contributed by atoms with Gasteiger partial charge in [0.05, 0.1) is 19.1 Å². The quantitative estimate of drug-likeness (QED) is 0.879. The smallest absolute Gasteiger partial charge is 0.238 e. The Kier molecular flexibility index (Phi) is 3.01. The van der Waals surface area contributed by atoms with Gasteiger partial charge in [0.15, 0.2) is 11.5 Å². The summed E-state index contributed by atoms with van der Waals surface area (Å²) in [6.45, 7) is 0. The molecule has 0 amide bonds. The molecule has 1 aromatic carbocycles. The lowest BCUT2D eigenvalue weighted by atomic mass is 10.1. The second-order valence-corrected chi connectivity index (χ2v) is 5.56. The van der Waals surface area contributed by atoms with Crippen LogP contribution < -0.4 is 14.6 Å². The van der Waals surface area contributed by atoms with Crippen LogP contribution in [-0.2, 0) is 10.0 Å². The van der Waals surface area contributed by atoms with Gasteiger partial charge in [0.25, 0.3) is 0 Å². The molecule has 0 spiro atoms. The van der Waals surface area contributed by atoms with Gasteiger partial charge in [-0.2, -0.15) is 0 Å². The lowest BCUT2D eigenvalue weighted by Crippen LogP contribution is -2.15. The van der Waals surface area contributed by atoms with Crippen molar-refractivity contribution >= 4 is 10.0 Å². The first-order valence-corrected chi connectivity index (χ1v) is 6.81. The Morgan fingerprint density at radius 2 is 1.88 bits per heavy atom. The Morgan fingerprint density at radius 3 is 2.29 bits per heavy atom. The van der Waals surface area contributed by atoms with Crippen molar-refractivity contribution in [3.8, 4) is 11.5 Å². The maximum Gasteiger partial charge on any atom is 0.238 e. The average molecular weight is 257 g/mol. The summed E-state index contributed by atoms with van der Waals surface area (Å²) in [4.78, 5) is 0.137. The van der Waals surface area contributed by atoms with Gasteiger partial charge in [-0.25, -0.2) is 13.6 Å². The standard InChI is InChI=1S/C11H15NO4S/c1-15-8-5-6-9(17(12,13)14)10(7-3-4-7)11(8)16-2/h5-7H,3-4H2,1-2H3,(H2,12,13,14). The average Bonchev–Trinajstić information content (AvgIpc) is 3.09. The van der Waals surface area contributed by atoms with Crippen LogP contribution in [0.15, 0.2) is 17.0 Å². The van der Waals surface area contributed by atoms with Crippen LogP contribution in [0.5, 0.6) is 11.5 Å². The van der Waals surface area contributed by atoms with Gasteiger partial charge in [0.1, 0.15) is 0 Å². The zero-order valence-corrected chi connectivity index (χ0v) is 10.6. The summed E-state index contributed by atoms with van der Waals surface area (Å²) >= 11 is 0. The molecule has 0 atom stereocenters. The first-order chi connectivity index (χ1) is 7.99. The van der Waals surface area contributed by atoms with Gasteiger partial charge in [-0.3, -0.25) is 0 Å². The minimum Gasteiger partial charge on any atom is -0.493 e. The summed E-state index contributed by atoms with van der Waals surface area (Å²) < 4.78 is 33.5. The highest BCUT2D eigenvalue weighted by atomic mass is 32.2. The van der Waals surface area contributed by atoms with Crippen molar-refractivity contribution in [3.05, 3.63) is 17.7 Å². The zero-order valence-electron chi connectivity index (χ0n) is 9.76. The van der Waals surface area contributed by atoms with Gasteiger partial charge in [-0.15, -0.1) is 0 Å². The maximum atomic E-state index is 11.5. The van der Waals surface area contributed by atoms with E-state index in [0.29, 0.717) is 17.1 Å². The van der Waals surface area contributed by atoms with Crippen LogP contribution in [0.25, 0.3) is 0 Å². The molecule has 17 heavy (non-hydrogen) atoms. The van der Waals surface area contributed by atoms with Gasteiger partial charge in [-0.05, 0) is 30.9 Å². The van der Waals surface area contributed by atoms with E-state index in [1.165, 1.54) is 20.3 Å². The number of primary sulfonamides is 1. The largest absolute Gasteiger partial charge is 0.493 e. The Bertz CT molecular complexity index is 535. The molecule has 0 aromatic heterocycles. The van der Waals surface area contributed by atoms with Crippen molar-refractivity contribution < 1.29 is 17.9 Å². The molecule has 0 saturated heterocycles. The first kappa shape index (κ1) is 12.2. The second kappa shape index (κ2) is 4.19. The van der Waals surface area contributed by atoms with Crippen LogP contribution in [0, 0.1) is 0 Å². The molecule has 1 aromatic rings. The summed E-state index contributed by atoms with van der Waals surface area (Å²) in [6.07, 6.45) is 1.90. The van der Waals surface area contributed by atoms with Gasteiger partial charge in [-0.1, -0.05) is 0 Å². The Morgan fingerprint density at radius 1 is 1.24 bits per heavy atom. The van der Waals surface area contributed by atoms with E-state index >= 15 is 0 Å². The van der Waals surface area contributed by atoms with Gasteiger partial charge in [0.2, 0.25) is 10.0 Å². The fraction of sp³-hybridized carbons (Fsp3) is 0.455. The van der Waals surface area contributed by atoms with Crippen LogP contribution >= 0.6 is 0 Å². The van der Waals surface area contributed by atoms with Crippen molar-refractivity contribution in [2.45, 2.75) is 23.7 Å². The molecule has 1 saturated carbocycles. The van der Waals surface area contributed by atoms with Crippen molar-refractivity contribution in [2.75, 3.05) is 14.2 Å². The third kappa shape index (κ3) is 2.23. The molecule has 94 valence electrons. The Labute approximate surface area is 101 Å². The summed E-state index contributed by atoms with van der Waals surface area (Å²) in [7, 11) is -0.716. The highest BCUT2D eigenvalue weighted by molar-refractivity contribution is 7.89. The van der Waals surface area contributed by atoms with E-state index in [-0.39, 0.29) is 10.8 Å². The molecule has 0 unspecified atom stereocenters. The molecular weight excluding hydrogens is 242 g/mol. The van der Waals surface area contributed by atoms with E-state index in [9.17, 15) is 8.42 Å². The SMILES string of the molecule is COc1ccc(S(N)(=O)=O)c(C2CC2)c1OC. The Hall–Kier alpha value is -1.27. The van der Waals surface area contributed by atoms with Gasteiger partial charge < -0.3 is 9.47 Å². The molecule has 1 aliphatic carbocycles. The number of hydrogen-bond acceptors (Lipinski definition) is 4. The number of sulfonamides is 1. The van der Waals surface area contributed by atoms with E-state index in [1.807, 2.05) is 0 Å². The van der Waals surface area contributed by atoms with Crippen LogP contribution in [0.1, 0.15) is 24.3 Å². The third-order valence-corrected chi connectivity index (χ3v) is 3.81. The molecule has 0 bridgehead atoms. The number of benzene rings is 1. The van der Waals surface area contributed by atoms with Crippen LogP contribution in [-0.4, -0.2) is 22.6 Å². The van der Waals surface area contributed by atoms with E-state index in [4.69, 9.17) is 14.6 Å². The molecule has 2 N–H and O–H groups in total. The highest BCUT2D eigenvalue weighted by Crippen LogP contribution is 2.49. The predicted octanol–water partition coefficient (Wildman–Crippen LogP) is 1.23. The summed E-state index contributed by atoms with van der Waals surface area (Å²) in [6, 6.07) is 3.04. The molecule has 0 aliphatic heterocycles. The van der Waals surface area contributed by atoms with E-state index in [2.05, 4.69) is 0 Å². The normalized spacial score (nSPS) is 15.7. The minimum atomic E-state index is -3.73. The van der Waals surface area contributed by atoms with Crippen LogP contribution in [0.4, 0.5) is 0 Å². The van der Waals surface area contributed by atoms with Crippen LogP contribution in [0.3, 0.4) is 0 Å². The molecule has 1 aliphatic rings. The molecule has 2 rings (SSSR count). The number of methoxy groups -OCH3 is 2.